The molecular formula is C16H17N3O3. The number of aryl methyl sites for hydroxylation is 1. The van der Waals surface area contributed by atoms with E-state index in [2.05, 4.69) is 16.9 Å². The molecule has 6 nitrogen and oxygen atoms in total. The van der Waals surface area contributed by atoms with Gasteiger partial charge in [-0.05, 0) is 30.7 Å². The van der Waals surface area contributed by atoms with Crippen molar-refractivity contribution in [2.75, 3.05) is 12.4 Å². The largest absolute Gasteiger partial charge is 0.495 e. The summed E-state index contributed by atoms with van der Waals surface area (Å²) in [4.78, 5) is 26.1. The van der Waals surface area contributed by atoms with Crippen LogP contribution in [0.5, 0.6) is 5.75 Å². The first kappa shape index (κ1) is 17.0. The molecule has 1 aromatic heterocycles. The molecule has 2 N–H and O–H groups in total. The lowest BCUT2D eigenvalue weighted by atomic mass is 10.1. The van der Waals surface area contributed by atoms with Gasteiger partial charge < -0.3 is 15.0 Å². The lowest BCUT2D eigenvalue weighted by Crippen LogP contribution is -2.06. The zero-order valence-corrected chi connectivity index (χ0v) is 12.7. The highest BCUT2D eigenvalue weighted by atomic mass is 16.5. The zero-order valence-electron chi connectivity index (χ0n) is 12.7. The number of allylic oxidation sites excluding steroid dienone is 1. The first-order valence-electron chi connectivity index (χ1n) is 6.41. The molecule has 0 bridgehead atoms. The predicted octanol–water partition coefficient (Wildman–Crippen LogP) is 2.68. The molecule has 114 valence electrons. The van der Waals surface area contributed by atoms with Crippen molar-refractivity contribution in [3.05, 3.63) is 47.8 Å². The number of nitriles is 1. The fourth-order valence-electron chi connectivity index (χ4n) is 1.70. The second kappa shape index (κ2) is 7.64. The van der Waals surface area contributed by atoms with E-state index < -0.39 is 5.78 Å². The second-order valence-corrected chi connectivity index (χ2v) is 4.51. The lowest BCUT2D eigenvalue weighted by Gasteiger charge is -2.06. The van der Waals surface area contributed by atoms with Crippen molar-refractivity contribution in [2.24, 2.45) is 0 Å². The van der Waals surface area contributed by atoms with Crippen LogP contribution in [0, 0.1) is 18.3 Å². The van der Waals surface area contributed by atoms with Crippen LogP contribution in [-0.2, 0) is 4.79 Å². The van der Waals surface area contributed by atoms with Crippen LogP contribution in [0.1, 0.15) is 23.0 Å². The Morgan fingerprint density at radius 1 is 1.41 bits per heavy atom. The fraction of sp³-hybridized carbons (Fsp3) is 0.188. The molecule has 0 fully saturated rings. The average Bonchev–Trinajstić information content (AvgIpc) is 2.55. The normalized spacial score (nSPS) is 9.18. The number of nitrogens with zero attached hydrogens (tertiary/aromatic N) is 1. The summed E-state index contributed by atoms with van der Waals surface area (Å²) in [5, 5.41) is 11.4. The number of aromatic amines is 1. The Labute approximate surface area is 128 Å². The minimum atomic E-state index is -0.498. The van der Waals surface area contributed by atoms with Crippen LogP contribution in [0.15, 0.2) is 36.5 Å². The van der Waals surface area contributed by atoms with Gasteiger partial charge in [-0.25, -0.2) is 0 Å². The first-order valence-corrected chi connectivity index (χ1v) is 6.41. The summed E-state index contributed by atoms with van der Waals surface area (Å²) in [6.45, 7) is 6.56. The molecule has 6 heteroatoms. The van der Waals surface area contributed by atoms with Gasteiger partial charge in [0, 0.05) is 13.1 Å². The summed E-state index contributed by atoms with van der Waals surface area (Å²) in [5.41, 5.74) is 1.19. The van der Waals surface area contributed by atoms with Crippen LogP contribution in [0.2, 0.25) is 0 Å². The number of hydrogen-bond donors (Lipinski definition) is 2. The van der Waals surface area contributed by atoms with Gasteiger partial charge in [0.2, 0.25) is 11.7 Å². The van der Waals surface area contributed by atoms with Crippen molar-refractivity contribution in [2.45, 2.75) is 13.8 Å². The number of aromatic nitrogens is 1. The number of carbonyl (C=O) groups is 2. The number of Topliss-reactive ketones (excluding diaryl/α,β-unsaturated/α-hetero) is 1. The maximum atomic E-state index is 12.0. The number of anilines is 1. The minimum absolute atomic E-state index is 0.166. The quantitative estimate of drug-likeness (QED) is 0.507. The van der Waals surface area contributed by atoms with E-state index in [0.29, 0.717) is 17.0 Å². The zero-order chi connectivity index (χ0) is 16.7. The number of ether oxygens (including phenoxy) is 1. The molecule has 0 aromatic carbocycles. The molecule has 0 unspecified atom stereocenters. The molecule has 0 aliphatic carbocycles. The molecule has 0 aliphatic rings. The highest BCUT2D eigenvalue weighted by Gasteiger charge is 2.10. The van der Waals surface area contributed by atoms with Gasteiger partial charge in [-0.3, -0.25) is 9.59 Å². The van der Waals surface area contributed by atoms with E-state index in [9.17, 15) is 9.59 Å². The smallest absolute Gasteiger partial charge is 0.221 e. The van der Waals surface area contributed by atoms with Crippen molar-refractivity contribution in [1.29, 1.82) is 5.26 Å². The van der Waals surface area contributed by atoms with E-state index in [4.69, 9.17) is 10.00 Å². The summed E-state index contributed by atoms with van der Waals surface area (Å²) in [6.07, 6.45) is 1.48. The van der Waals surface area contributed by atoms with E-state index in [0.717, 1.165) is 0 Å². The maximum absolute atomic E-state index is 12.0. The summed E-state index contributed by atoms with van der Waals surface area (Å²) < 4.78 is 5.26. The Hall–Kier alpha value is -3.07. The van der Waals surface area contributed by atoms with E-state index in [1.807, 2.05) is 0 Å². The van der Waals surface area contributed by atoms with E-state index in [1.165, 1.54) is 20.2 Å². The number of carbonyl (C=O) groups excluding carboxylic acids is 2. The molecule has 22 heavy (non-hydrogen) atoms. The van der Waals surface area contributed by atoms with Gasteiger partial charge >= 0.3 is 0 Å². The fourth-order valence-corrected chi connectivity index (χ4v) is 1.70. The SMILES string of the molecule is C=C(C#N)C(=O)c1cc(C)cc(OC)c(NC(C)=O)cc[nH]1. The second-order valence-electron chi connectivity index (χ2n) is 4.51. The summed E-state index contributed by atoms with van der Waals surface area (Å²) in [6, 6.07) is 6.53. The standard InChI is InChI=1S/C16H17N3O3/c1-10-7-14(16(21)11(2)9-17)18-6-5-13(19-12(3)20)15(8-10)22-4/h5-8,18H,2H2,1,3-4H3,(H,19,20). The average molecular weight is 299 g/mol. The van der Waals surface area contributed by atoms with Crippen LogP contribution in [-0.4, -0.2) is 23.8 Å². The number of amides is 1. The Bertz CT molecular complexity index is 710. The van der Waals surface area contributed by atoms with Gasteiger partial charge in [0.15, 0.2) is 0 Å². The van der Waals surface area contributed by atoms with Gasteiger partial charge in [-0.1, -0.05) is 6.58 Å². The van der Waals surface area contributed by atoms with Crippen molar-refractivity contribution >= 4 is 17.4 Å². The number of rotatable bonds is 4. The van der Waals surface area contributed by atoms with Gasteiger partial charge in [0.05, 0.1) is 24.1 Å². The molecule has 0 saturated carbocycles. The van der Waals surface area contributed by atoms with Gasteiger partial charge in [0.1, 0.15) is 11.8 Å². The third-order valence-corrected chi connectivity index (χ3v) is 2.67. The monoisotopic (exact) mass is 299 g/mol. The number of ketones is 1. The third-order valence-electron chi connectivity index (χ3n) is 2.67. The number of nitrogens with one attached hydrogen (secondary N) is 2. The molecule has 1 amide bonds. The molecule has 0 spiro atoms. The van der Waals surface area contributed by atoms with Crippen LogP contribution in [0.4, 0.5) is 5.69 Å². The van der Waals surface area contributed by atoms with Crippen molar-refractivity contribution in [1.82, 2.24) is 4.98 Å². The van der Waals surface area contributed by atoms with Gasteiger partial charge in [0.25, 0.3) is 0 Å². The Morgan fingerprint density at radius 2 is 2.09 bits per heavy atom. The molecule has 1 heterocycles. The van der Waals surface area contributed by atoms with Crippen LogP contribution in [0.3, 0.4) is 0 Å². The first-order chi connectivity index (χ1) is 10.4. The van der Waals surface area contributed by atoms with E-state index in [-0.39, 0.29) is 17.2 Å². The molecule has 0 aliphatic heterocycles. The minimum Gasteiger partial charge on any atom is -0.495 e. The molecule has 0 radical (unpaired) electrons. The number of hydrogen-bond acceptors (Lipinski definition) is 4. The molecule has 1 rings (SSSR count). The Balaban J connectivity index is 3.53. The van der Waals surface area contributed by atoms with Gasteiger partial charge in [-0.2, -0.15) is 5.26 Å². The highest BCUT2D eigenvalue weighted by molar-refractivity contribution is 6.09. The topological polar surface area (TPSA) is 95.0 Å². The van der Waals surface area contributed by atoms with E-state index in [1.54, 1.807) is 31.2 Å². The summed E-state index contributed by atoms with van der Waals surface area (Å²) >= 11 is 0. The van der Waals surface area contributed by atoms with Crippen LogP contribution >= 0.6 is 0 Å². The Morgan fingerprint density at radius 3 is 2.64 bits per heavy atom. The van der Waals surface area contributed by atoms with Crippen molar-refractivity contribution in [3.8, 4) is 11.8 Å². The van der Waals surface area contributed by atoms with Gasteiger partial charge in [-0.15, -0.1) is 0 Å². The van der Waals surface area contributed by atoms with Crippen LogP contribution < -0.4 is 10.1 Å². The molecule has 1 aromatic rings. The van der Waals surface area contributed by atoms with Crippen LogP contribution in [0.25, 0.3) is 0 Å². The number of methoxy groups -OCH3 is 1. The molecule has 0 atom stereocenters. The highest BCUT2D eigenvalue weighted by Crippen LogP contribution is 2.22. The Kier molecular flexibility index (Phi) is 5.90. The maximum Gasteiger partial charge on any atom is 0.221 e. The molecular weight excluding hydrogens is 282 g/mol. The summed E-state index contributed by atoms with van der Waals surface area (Å²) in [5.74, 6) is -0.307. The number of H-pyrrole nitrogens is 1. The third kappa shape index (κ3) is 4.49. The summed E-state index contributed by atoms with van der Waals surface area (Å²) in [7, 11) is 1.48. The van der Waals surface area contributed by atoms with Crippen molar-refractivity contribution < 1.29 is 14.3 Å². The molecule has 0 saturated heterocycles. The lowest BCUT2D eigenvalue weighted by molar-refractivity contribution is -0.114. The predicted molar refractivity (Wildman–Crippen MR) is 83.1 cm³/mol. The van der Waals surface area contributed by atoms with Crippen molar-refractivity contribution in [3.63, 3.8) is 0 Å². The van der Waals surface area contributed by atoms with E-state index >= 15 is 0 Å².